The van der Waals surface area contributed by atoms with Crippen LogP contribution in [-0.2, 0) is 20.0 Å². The Kier molecular flexibility index (Phi) is 6.41. The van der Waals surface area contributed by atoms with E-state index < -0.39 is 0 Å². The molecule has 0 spiro atoms. The van der Waals surface area contributed by atoms with E-state index in [0.717, 1.165) is 29.0 Å². The summed E-state index contributed by atoms with van der Waals surface area (Å²) in [4.78, 5) is 9.08. The van der Waals surface area contributed by atoms with Gasteiger partial charge in [-0.1, -0.05) is 25.1 Å². The molecule has 25 heavy (non-hydrogen) atoms. The average Bonchev–Trinajstić information content (AvgIpc) is 2.88. The van der Waals surface area contributed by atoms with Crippen LogP contribution in [0.5, 0.6) is 0 Å². The number of guanidine groups is 1. The topological polar surface area (TPSA) is 68.2 Å². The fourth-order valence-electron chi connectivity index (χ4n) is 2.71. The molecule has 5 nitrogen and oxygen atoms in total. The molecule has 132 valence electrons. The molecule has 0 amide bonds. The smallest absolute Gasteiger partial charge is 0.193 e. The second kappa shape index (κ2) is 8.33. The molecule has 0 aliphatic heterocycles. The Labute approximate surface area is 165 Å². The maximum Gasteiger partial charge on any atom is 0.193 e. The van der Waals surface area contributed by atoms with Crippen LogP contribution in [-0.4, -0.2) is 15.5 Å². The molecule has 1 heterocycles. The van der Waals surface area contributed by atoms with Gasteiger partial charge >= 0.3 is 0 Å². The number of nitrogens with one attached hydrogen (secondary N) is 1. The lowest BCUT2D eigenvalue weighted by molar-refractivity contribution is 0.812. The molecule has 3 rings (SSSR count). The van der Waals surface area contributed by atoms with Gasteiger partial charge in [0.2, 0.25) is 0 Å². The Morgan fingerprint density at radius 1 is 1.24 bits per heavy atom. The molecule has 1 aromatic heterocycles. The maximum atomic E-state index is 6.02. The largest absolute Gasteiger partial charge is 0.370 e. The van der Waals surface area contributed by atoms with E-state index in [1.54, 1.807) is 0 Å². The van der Waals surface area contributed by atoms with E-state index in [0.29, 0.717) is 12.5 Å². The zero-order valence-corrected chi connectivity index (χ0v) is 17.1. The van der Waals surface area contributed by atoms with E-state index in [4.69, 9.17) is 5.73 Å². The lowest BCUT2D eigenvalue weighted by Gasteiger charge is -2.07. The molecule has 0 bridgehead atoms. The number of benzene rings is 2. The minimum Gasteiger partial charge on any atom is -0.370 e. The van der Waals surface area contributed by atoms with E-state index in [-0.39, 0.29) is 24.0 Å². The van der Waals surface area contributed by atoms with Gasteiger partial charge in [0.1, 0.15) is 12.4 Å². The normalized spacial score (nSPS) is 11.4. The average molecular weight is 449 g/mol. The number of nitrogens with two attached hydrogens (primary N) is 1. The molecule has 0 saturated carbocycles. The summed E-state index contributed by atoms with van der Waals surface area (Å²) in [5.74, 6) is 1.29. The molecule has 3 aromatic rings. The van der Waals surface area contributed by atoms with Crippen LogP contribution >= 0.6 is 24.0 Å². The zero-order valence-electron chi connectivity index (χ0n) is 14.8. The standard InChI is InChI=1S/C19H23N5.HI/c1-4-14-6-5-7-15(11-14)22-19(20)21-12-18-23-16-10-13(2)8-9-17(16)24(18)3;/h5-11H,4,12H2,1-3H3,(H3,20,21,22);1H. The summed E-state index contributed by atoms with van der Waals surface area (Å²) in [6.07, 6.45) is 0.992. The third-order valence-corrected chi connectivity index (χ3v) is 4.13. The van der Waals surface area contributed by atoms with Crippen LogP contribution in [0, 0.1) is 6.92 Å². The van der Waals surface area contributed by atoms with Gasteiger partial charge in [0.05, 0.1) is 11.0 Å². The van der Waals surface area contributed by atoms with Crippen molar-refractivity contribution in [2.24, 2.45) is 17.8 Å². The van der Waals surface area contributed by atoms with Crippen molar-refractivity contribution >= 4 is 46.7 Å². The lowest BCUT2D eigenvalue weighted by atomic mass is 10.1. The van der Waals surface area contributed by atoms with E-state index in [1.807, 2.05) is 19.2 Å². The molecule has 0 aliphatic rings. The maximum absolute atomic E-state index is 6.02. The summed E-state index contributed by atoms with van der Waals surface area (Å²) in [6.45, 7) is 4.64. The Hall–Kier alpha value is -2.09. The fourth-order valence-corrected chi connectivity index (χ4v) is 2.71. The monoisotopic (exact) mass is 449 g/mol. The van der Waals surface area contributed by atoms with Gasteiger partial charge in [-0.05, 0) is 48.7 Å². The number of imidazole rings is 1. The Morgan fingerprint density at radius 3 is 2.80 bits per heavy atom. The highest BCUT2D eigenvalue weighted by Gasteiger charge is 2.07. The van der Waals surface area contributed by atoms with Gasteiger partial charge in [0, 0.05) is 12.7 Å². The van der Waals surface area contributed by atoms with Crippen molar-refractivity contribution in [1.29, 1.82) is 0 Å². The number of hydrogen-bond acceptors (Lipinski definition) is 2. The minimum atomic E-state index is 0. The van der Waals surface area contributed by atoms with E-state index >= 15 is 0 Å². The summed E-state index contributed by atoms with van der Waals surface area (Å²) in [5.41, 5.74) is 11.5. The lowest BCUT2D eigenvalue weighted by Crippen LogP contribution is -2.22. The summed E-state index contributed by atoms with van der Waals surface area (Å²) in [5, 5.41) is 3.14. The highest BCUT2D eigenvalue weighted by Crippen LogP contribution is 2.17. The van der Waals surface area contributed by atoms with Crippen LogP contribution in [0.1, 0.15) is 23.9 Å². The van der Waals surface area contributed by atoms with E-state index in [2.05, 4.69) is 64.0 Å². The third-order valence-electron chi connectivity index (χ3n) is 4.13. The van der Waals surface area contributed by atoms with Crippen molar-refractivity contribution in [3.05, 3.63) is 59.4 Å². The summed E-state index contributed by atoms with van der Waals surface area (Å²) in [7, 11) is 2.00. The van der Waals surface area contributed by atoms with Gasteiger partial charge in [0.25, 0.3) is 0 Å². The van der Waals surface area contributed by atoms with Crippen LogP contribution in [0.25, 0.3) is 11.0 Å². The van der Waals surface area contributed by atoms with Crippen molar-refractivity contribution in [3.63, 3.8) is 0 Å². The van der Waals surface area contributed by atoms with Gasteiger partial charge < -0.3 is 15.6 Å². The van der Waals surface area contributed by atoms with Crippen molar-refractivity contribution in [2.45, 2.75) is 26.8 Å². The van der Waals surface area contributed by atoms with Crippen LogP contribution < -0.4 is 11.1 Å². The Bertz CT molecular complexity index is 898. The van der Waals surface area contributed by atoms with Gasteiger partial charge in [-0.3, -0.25) is 0 Å². The molecule has 6 heteroatoms. The number of hydrogen-bond donors (Lipinski definition) is 2. The van der Waals surface area contributed by atoms with Crippen LogP contribution in [0.3, 0.4) is 0 Å². The minimum absolute atomic E-state index is 0. The molecule has 0 fully saturated rings. The predicted molar refractivity (Wildman–Crippen MR) is 116 cm³/mol. The summed E-state index contributed by atoms with van der Waals surface area (Å²) in [6, 6.07) is 14.4. The number of rotatable bonds is 4. The number of halogens is 1. The molecule has 0 atom stereocenters. The quantitative estimate of drug-likeness (QED) is 0.360. The number of aliphatic imine (C=N–C) groups is 1. The van der Waals surface area contributed by atoms with Crippen LogP contribution in [0.2, 0.25) is 0 Å². The summed E-state index contributed by atoms with van der Waals surface area (Å²) >= 11 is 0. The number of fused-ring (bicyclic) bond motifs is 1. The van der Waals surface area contributed by atoms with E-state index in [9.17, 15) is 0 Å². The number of nitrogens with zero attached hydrogens (tertiary/aromatic N) is 3. The molecule has 0 radical (unpaired) electrons. The molecule has 0 unspecified atom stereocenters. The van der Waals surface area contributed by atoms with Gasteiger partial charge in [-0.15, -0.1) is 24.0 Å². The number of aromatic nitrogens is 2. The van der Waals surface area contributed by atoms with Crippen molar-refractivity contribution in [3.8, 4) is 0 Å². The molecule has 3 N–H and O–H groups in total. The SMILES string of the molecule is CCc1cccc(NC(N)=NCc2nc3cc(C)ccc3n2C)c1.I. The first kappa shape index (κ1) is 19.2. The molecule has 2 aromatic carbocycles. The summed E-state index contributed by atoms with van der Waals surface area (Å²) < 4.78 is 2.06. The zero-order chi connectivity index (χ0) is 17.1. The third kappa shape index (κ3) is 4.50. The van der Waals surface area contributed by atoms with Gasteiger partial charge in [-0.2, -0.15) is 0 Å². The number of anilines is 1. The van der Waals surface area contributed by atoms with Gasteiger partial charge in [0.15, 0.2) is 5.96 Å². The first-order valence-electron chi connectivity index (χ1n) is 8.14. The van der Waals surface area contributed by atoms with Crippen LogP contribution in [0.15, 0.2) is 47.5 Å². The molecular weight excluding hydrogens is 425 g/mol. The first-order chi connectivity index (χ1) is 11.6. The highest BCUT2D eigenvalue weighted by atomic mass is 127. The number of aryl methyl sites for hydroxylation is 3. The predicted octanol–water partition coefficient (Wildman–Crippen LogP) is 3.99. The van der Waals surface area contributed by atoms with E-state index in [1.165, 1.54) is 11.1 Å². The second-order valence-electron chi connectivity index (χ2n) is 5.96. The van der Waals surface area contributed by atoms with Crippen LogP contribution in [0.4, 0.5) is 5.69 Å². The van der Waals surface area contributed by atoms with Crippen molar-refractivity contribution < 1.29 is 0 Å². The van der Waals surface area contributed by atoms with Crippen molar-refractivity contribution in [2.75, 3.05) is 5.32 Å². The highest BCUT2D eigenvalue weighted by molar-refractivity contribution is 14.0. The first-order valence-corrected chi connectivity index (χ1v) is 8.14. The Morgan fingerprint density at radius 2 is 2.04 bits per heavy atom. The fraction of sp³-hybridized carbons (Fsp3) is 0.263. The Balaban J connectivity index is 0.00000225. The molecule has 0 aliphatic carbocycles. The van der Waals surface area contributed by atoms with Crippen molar-refractivity contribution in [1.82, 2.24) is 9.55 Å². The van der Waals surface area contributed by atoms with Gasteiger partial charge in [-0.25, -0.2) is 9.98 Å². The second-order valence-corrected chi connectivity index (χ2v) is 5.96. The molecular formula is C19H24IN5. The molecule has 0 saturated heterocycles.